The molecule has 0 aliphatic carbocycles. The van der Waals surface area contributed by atoms with Crippen LogP contribution in [0.1, 0.15) is 16.7 Å². The molecule has 1 aliphatic heterocycles. The van der Waals surface area contributed by atoms with Crippen LogP contribution in [0.4, 0.5) is 5.69 Å². The number of nitrogens with zero attached hydrogens (tertiary/aromatic N) is 2. The molecule has 1 aromatic heterocycles. The van der Waals surface area contributed by atoms with Gasteiger partial charge in [0, 0.05) is 24.0 Å². The number of aromatic nitrogens is 1. The van der Waals surface area contributed by atoms with Gasteiger partial charge in [-0.1, -0.05) is 12.1 Å². The van der Waals surface area contributed by atoms with Crippen LogP contribution in [0.3, 0.4) is 0 Å². The molecule has 6 nitrogen and oxygen atoms in total. The van der Waals surface area contributed by atoms with Crippen LogP contribution in [0.2, 0.25) is 0 Å². The number of nitro benzene ring substituents is 1. The van der Waals surface area contributed by atoms with Crippen LogP contribution in [0.15, 0.2) is 23.6 Å². The maximum atomic E-state index is 11.3. The molecule has 0 amide bonds. The fourth-order valence-electron chi connectivity index (χ4n) is 2.39. The van der Waals surface area contributed by atoms with Crippen LogP contribution < -0.4 is 5.32 Å². The highest BCUT2D eigenvalue weighted by atomic mass is 32.1. The Kier molecular flexibility index (Phi) is 3.96. The van der Waals surface area contributed by atoms with Gasteiger partial charge in [-0.3, -0.25) is 10.1 Å². The average molecular weight is 305 g/mol. The van der Waals surface area contributed by atoms with Crippen LogP contribution in [-0.4, -0.2) is 29.6 Å². The van der Waals surface area contributed by atoms with Gasteiger partial charge in [0.05, 0.1) is 22.8 Å². The number of rotatable bonds is 3. The molecule has 1 atom stereocenters. The van der Waals surface area contributed by atoms with Gasteiger partial charge in [-0.15, -0.1) is 11.3 Å². The summed E-state index contributed by atoms with van der Waals surface area (Å²) >= 11 is 1.48. The van der Waals surface area contributed by atoms with E-state index >= 15 is 0 Å². The first kappa shape index (κ1) is 14.1. The van der Waals surface area contributed by atoms with Gasteiger partial charge in [0.2, 0.25) is 0 Å². The van der Waals surface area contributed by atoms with Crippen molar-refractivity contribution in [3.8, 4) is 11.3 Å². The summed E-state index contributed by atoms with van der Waals surface area (Å²) < 4.78 is 5.67. The third-order valence-electron chi connectivity index (χ3n) is 3.42. The molecule has 1 saturated heterocycles. The van der Waals surface area contributed by atoms with Crippen molar-refractivity contribution in [2.24, 2.45) is 0 Å². The van der Waals surface area contributed by atoms with Crippen molar-refractivity contribution < 1.29 is 9.66 Å². The largest absolute Gasteiger partial charge is 0.368 e. The van der Waals surface area contributed by atoms with Crippen molar-refractivity contribution in [2.45, 2.75) is 13.0 Å². The number of hydrogen-bond donors (Lipinski definition) is 1. The lowest BCUT2D eigenvalue weighted by atomic mass is 10.1. The van der Waals surface area contributed by atoms with E-state index < -0.39 is 0 Å². The zero-order valence-electron chi connectivity index (χ0n) is 11.5. The Labute approximate surface area is 125 Å². The molecule has 0 saturated carbocycles. The van der Waals surface area contributed by atoms with Crippen molar-refractivity contribution >= 4 is 17.0 Å². The van der Waals surface area contributed by atoms with Crippen molar-refractivity contribution in [1.82, 2.24) is 10.3 Å². The maximum Gasteiger partial charge on any atom is 0.281 e. The van der Waals surface area contributed by atoms with E-state index in [1.807, 2.05) is 11.4 Å². The fourth-order valence-corrected chi connectivity index (χ4v) is 3.26. The summed E-state index contributed by atoms with van der Waals surface area (Å²) in [6.07, 6.45) is -0.0682. The van der Waals surface area contributed by atoms with Crippen LogP contribution in [0.5, 0.6) is 0 Å². The van der Waals surface area contributed by atoms with Gasteiger partial charge in [-0.25, -0.2) is 4.98 Å². The Morgan fingerprint density at radius 1 is 1.52 bits per heavy atom. The van der Waals surface area contributed by atoms with E-state index in [2.05, 4.69) is 10.3 Å². The number of thiazole rings is 1. The van der Waals surface area contributed by atoms with Gasteiger partial charge in [0.1, 0.15) is 11.1 Å². The molecule has 0 spiro atoms. The monoisotopic (exact) mass is 305 g/mol. The Balaban J connectivity index is 1.96. The Morgan fingerprint density at radius 2 is 2.38 bits per heavy atom. The van der Waals surface area contributed by atoms with E-state index in [0.29, 0.717) is 23.4 Å². The smallest absolute Gasteiger partial charge is 0.281 e. The van der Waals surface area contributed by atoms with Crippen molar-refractivity contribution in [3.63, 3.8) is 0 Å². The Bertz CT molecular complexity index is 665. The summed E-state index contributed by atoms with van der Waals surface area (Å²) in [6.45, 7) is 3.97. The molecule has 110 valence electrons. The molecule has 2 heterocycles. The molecule has 3 rings (SSSR count). The summed E-state index contributed by atoms with van der Waals surface area (Å²) in [7, 11) is 0. The second-order valence-corrected chi connectivity index (χ2v) is 5.75. The summed E-state index contributed by atoms with van der Waals surface area (Å²) in [5.41, 5.74) is 1.96. The standard InChI is InChI=1S/C14H15N3O3S/c1-9-3-2-4-10(13(9)17(18)19)11-8-21-14(16-11)12-7-15-5-6-20-12/h2-4,8,12,15H,5-7H2,1H3/t12-/m1/s1. The van der Waals surface area contributed by atoms with Crippen LogP contribution >= 0.6 is 11.3 Å². The number of para-hydroxylation sites is 1. The predicted molar refractivity (Wildman–Crippen MR) is 80.5 cm³/mol. The first-order chi connectivity index (χ1) is 10.2. The molecule has 2 aromatic rings. The van der Waals surface area contributed by atoms with Crippen LogP contribution in [-0.2, 0) is 4.74 Å². The quantitative estimate of drug-likeness (QED) is 0.697. The van der Waals surface area contributed by atoms with Crippen LogP contribution in [0, 0.1) is 17.0 Å². The van der Waals surface area contributed by atoms with Crippen molar-refractivity contribution in [2.75, 3.05) is 19.7 Å². The lowest BCUT2D eigenvalue weighted by Crippen LogP contribution is -2.33. The number of morpholine rings is 1. The summed E-state index contributed by atoms with van der Waals surface area (Å²) in [5.74, 6) is 0. The third kappa shape index (κ3) is 2.80. The zero-order valence-corrected chi connectivity index (χ0v) is 12.4. The number of benzene rings is 1. The molecular weight excluding hydrogens is 290 g/mol. The van der Waals surface area contributed by atoms with Crippen molar-refractivity contribution in [1.29, 1.82) is 0 Å². The number of nitro groups is 1. The minimum absolute atomic E-state index is 0.0682. The number of hydrogen-bond acceptors (Lipinski definition) is 6. The molecule has 1 fully saturated rings. The van der Waals surface area contributed by atoms with Gasteiger partial charge in [-0.05, 0) is 13.0 Å². The highest BCUT2D eigenvalue weighted by Crippen LogP contribution is 2.34. The Morgan fingerprint density at radius 3 is 3.10 bits per heavy atom. The number of aryl methyl sites for hydroxylation is 1. The number of ether oxygens (including phenoxy) is 1. The lowest BCUT2D eigenvalue weighted by Gasteiger charge is -2.21. The van der Waals surface area contributed by atoms with E-state index in [4.69, 9.17) is 4.74 Å². The first-order valence-corrected chi connectivity index (χ1v) is 7.57. The summed E-state index contributed by atoms with van der Waals surface area (Å²) in [6, 6.07) is 5.29. The maximum absolute atomic E-state index is 11.3. The second kappa shape index (κ2) is 5.88. The van der Waals surface area contributed by atoms with Gasteiger partial charge >= 0.3 is 0 Å². The topological polar surface area (TPSA) is 77.3 Å². The van der Waals surface area contributed by atoms with Gasteiger partial charge in [-0.2, -0.15) is 0 Å². The molecule has 21 heavy (non-hydrogen) atoms. The first-order valence-electron chi connectivity index (χ1n) is 6.69. The summed E-state index contributed by atoms with van der Waals surface area (Å²) in [4.78, 5) is 15.5. The molecule has 1 aromatic carbocycles. The molecule has 1 aliphatic rings. The van der Waals surface area contributed by atoms with E-state index in [1.165, 1.54) is 11.3 Å². The van der Waals surface area contributed by atoms with E-state index in [1.54, 1.807) is 19.1 Å². The van der Waals surface area contributed by atoms with Crippen molar-refractivity contribution in [3.05, 3.63) is 44.3 Å². The van der Waals surface area contributed by atoms with Gasteiger partial charge < -0.3 is 10.1 Å². The predicted octanol–water partition coefficient (Wildman–Crippen LogP) is 2.69. The highest BCUT2D eigenvalue weighted by molar-refractivity contribution is 7.10. The van der Waals surface area contributed by atoms with E-state index in [0.717, 1.165) is 18.1 Å². The minimum atomic E-state index is -0.345. The molecule has 0 radical (unpaired) electrons. The van der Waals surface area contributed by atoms with Crippen LogP contribution in [0.25, 0.3) is 11.3 Å². The summed E-state index contributed by atoms with van der Waals surface area (Å²) in [5, 5.41) is 17.2. The van der Waals surface area contributed by atoms with Gasteiger partial charge in [0.15, 0.2) is 0 Å². The third-order valence-corrected chi connectivity index (χ3v) is 4.36. The zero-order chi connectivity index (χ0) is 14.8. The van der Waals surface area contributed by atoms with E-state index in [-0.39, 0.29) is 16.7 Å². The molecule has 1 N–H and O–H groups in total. The molecule has 0 unspecified atom stereocenters. The minimum Gasteiger partial charge on any atom is -0.368 e. The second-order valence-electron chi connectivity index (χ2n) is 4.86. The van der Waals surface area contributed by atoms with Gasteiger partial charge in [0.25, 0.3) is 5.69 Å². The normalized spacial score (nSPS) is 18.6. The average Bonchev–Trinajstić information content (AvgIpc) is 2.97. The molecule has 7 heteroatoms. The number of nitrogens with one attached hydrogen (secondary N) is 1. The molecular formula is C14H15N3O3S. The SMILES string of the molecule is Cc1cccc(-c2csc([C@H]3CNCCO3)n2)c1[N+](=O)[O-]. The lowest BCUT2D eigenvalue weighted by molar-refractivity contribution is -0.384. The molecule has 0 bridgehead atoms. The highest BCUT2D eigenvalue weighted by Gasteiger charge is 2.23. The fraction of sp³-hybridized carbons (Fsp3) is 0.357. The Hall–Kier alpha value is -1.83. The van der Waals surface area contributed by atoms with E-state index in [9.17, 15) is 10.1 Å².